The van der Waals surface area contributed by atoms with Gasteiger partial charge in [-0.2, -0.15) is 4.31 Å². The van der Waals surface area contributed by atoms with Gasteiger partial charge in [0, 0.05) is 39.1 Å². The fourth-order valence-corrected chi connectivity index (χ4v) is 5.91. The number of aryl methyl sites for hydroxylation is 1. The van der Waals surface area contributed by atoms with Crippen LogP contribution >= 0.6 is 0 Å². The Kier molecular flexibility index (Phi) is 7.18. The van der Waals surface area contributed by atoms with E-state index in [1.165, 1.54) is 21.3 Å². The van der Waals surface area contributed by atoms with Crippen molar-refractivity contribution in [3.8, 4) is 5.75 Å². The smallest absolute Gasteiger partial charge is 0.246 e. The number of hydrogen-bond donors (Lipinski definition) is 2. The zero-order chi connectivity index (χ0) is 23.5. The fourth-order valence-electron chi connectivity index (χ4n) is 3.29. The highest BCUT2D eigenvalue weighted by Gasteiger charge is 2.31. The van der Waals surface area contributed by atoms with Gasteiger partial charge in [0.1, 0.15) is 16.5 Å². The van der Waals surface area contributed by atoms with E-state index < -0.39 is 25.9 Å². The average Bonchev–Trinajstić information content (AvgIpc) is 2.75. The minimum atomic E-state index is -3.91. The lowest BCUT2D eigenvalue weighted by Crippen LogP contribution is -2.50. The summed E-state index contributed by atoms with van der Waals surface area (Å²) in [6.45, 7) is 1.99. The van der Waals surface area contributed by atoms with Crippen molar-refractivity contribution >= 4 is 26.0 Å². The number of sulfonamides is 2. The number of phenols is 1. The van der Waals surface area contributed by atoms with Gasteiger partial charge < -0.3 is 10.0 Å². The molecule has 0 aromatic heterocycles. The molecule has 9 nitrogen and oxygen atoms in total. The zero-order valence-electron chi connectivity index (χ0n) is 17.4. The van der Waals surface area contributed by atoms with Gasteiger partial charge in [-0.3, -0.25) is 4.79 Å². The molecule has 0 unspecified atom stereocenters. The molecule has 1 aliphatic rings. The summed E-state index contributed by atoms with van der Waals surface area (Å²) in [7, 11) is -7.78. The maximum Gasteiger partial charge on any atom is 0.246 e. The van der Waals surface area contributed by atoms with Crippen LogP contribution in [-0.2, 0) is 24.8 Å². The number of phenolic OH excluding ortho intramolecular Hbond substituents is 1. The van der Waals surface area contributed by atoms with Crippen molar-refractivity contribution in [2.75, 3.05) is 32.7 Å². The Balaban J connectivity index is 1.53. The lowest BCUT2D eigenvalue weighted by molar-refractivity contribution is -0.132. The molecular formula is C20H24FN3O6S2. The monoisotopic (exact) mass is 485 g/mol. The highest BCUT2D eigenvalue weighted by atomic mass is 32.2. The van der Waals surface area contributed by atoms with Crippen LogP contribution in [0.15, 0.2) is 52.3 Å². The molecule has 1 saturated heterocycles. The van der Waals surface area contributed by atoms with Crippen molar-refractivity contribution in [3.63, 3.8) is 0 Å². The minimum absolute atomic E-state index is 0.0583. The molecule has 1 fully saturated rings. The molecule has 174 valence electrons. The first-order valence-electron chi connectivity index (χ1n) is 9.83. The molecule has 1 amide bonds. The third-order valence-corrected chi connectivity index (χ3v) is 8.48. The van der Waals surface area contributed by atoms with Crippen LogP contribution in [0.1, 0.15) is 12.0 Å². The van der Waals surface area contributed by atoms with E-state index in [-0.39, 0.29) is 60.6 Å². The van der Waals surface area contributed by atoms with Gasteiger partial charge in [-0.05, 0) is 48.9 Å². The van der Waals surface area contributed by atoms with E-state index in [9.17, 15) is 31.1 Å². The summed E-state index contributed by atoms with van der Waals surface area (Å²) in [5, 5.41) is 9.96. The molecule has 12 heteroatoms. The Labute approximate surface area is 186 Å². The SMILES string of the molecule is Cc1ccc(O)c(S(=O)(=O)N2CCN(C(=O)CCNS(=O)(=O)c3ccc(F)cc3)CC2)c1. The van der Waals surface area contributed by atoms with Gasteiger partial charge in [0.2, 0.25) is 26.0 Å². The molecule has 2 aromatic rings. The molecule has 0 radical (unpaired) electrons. The van der Waals surface area contributed by atoms with E-state index in [4.69, 9.17) is 0 Å². The summed E-state index contributed by atoms with van der Waals surface area (Å²) in [6, 6.07) is 8.66. The van der Waals surface area contributed by atoms with E-state index in [1.807, 2.05) is 0 Å². The van der Waals surface area contributed by atoms with Gasteiger partial charge in [-0.25, -0.2) is 25.9 Å². The second-order valence-corrected chi connectivity index (χ2v) is 11.0. The van der Waals surface area contributed by atoms with Crippen LogP contribution in [0.5, 0.6) is 5.75 Å². The number of halogens is 1. The van der Waals surface area contributed by atoms with Crippen LogP contribution in [0, 0.1) is 12.7 Å². The molecular weight excluding hydrogens is 461 g/mol. The number of nitrogens with one attached hydrogen (secondary N) is 1. The standard InChI is InChI=1S/C20H24FN3O6S2/c1-15-2-7-18(25)19(14-15)32(29,30)24-12-10-23(11-13-24)20(26)8-9-22-31(27,28)17-5-3-16(21)4-6-17/h2-7,14,22,25H,8-13H2,1H3. The predicted molar refractivity (Wildman–Crippen MR) is 114 cm³/mol. The zero-order valence-corrected chi connectivity index (χ0v) is 19.0. The van der Waals surface area contributed by atoms with E-state index in [0.29, 0.717) is 5.56 Å². The lowest BCUT2D eigenvalue weighted by atomic mass is 10.2. The number of nitrogens with zero attached hydrogens (tertiary/aromatic N) is 2. The quantitative estimate of drug-likeness (QED) is 0.604. The number of hydrogen-bond acceptors (Lipinski definition) is 6. The van der Waals surface area contributed by atoms with Crippen LogP contribution in [0.25, 0.3) is 0 Å². The van der Waals surface area contributed by atoms with Crippen molar-refractivity contribution in [1.29, 1.82) is 0 Å². The Morgan fingerprint density at radius 3 is 2.28 bits per heavy atom. The Hall–Kier alpha value is -2.54. The summed E-state index contributed by atoms with van der Waals surface area (Å²) >= 11 is 0. The van der Waals surface area contributed by atoms with Gasteiger partial charge in [-0.1, -0.05) is 6.07 Å². The third kappa shape index (κ3) is 5.44. The van der Waals surface area contributed by atoms with E-state index in [1.54, 1.807) is 13.0 Å². The number of amides is 1. The second-order valence-electron chi connectivity index (χ2n) is 7.36. The van der Waals surface area contributed by atoms with E-state index in [2.05, 4.69) is 4.72 Å². The second kappa shape index (κ2) is 9.53. The number of carbonyl (C=O) groups is 1. The van der Waals surface area contributed by atoms with Gasteiger partial charge >= 0.3 is 0 Å². The topological polar surface area (TPSA) is 124 Å². The van der Waals surface area contributed by atoms with Crippen LogP contribution in [0.2, 0.25) is 0 Å². The molecule has 2 N–H and O–H groups in total. The lowest BCUT2D eigenvalue weighted by Gasteiger charge is -2.34. The van der Waals surface area contributed by atoms with Crippen LogP contribution < -0.4 is 4.72 Å². The highest BCUT2D eigenvalue weighted by molar-refractivity contribution is 7.89. The van der Waals surface area contributed by atoms with Gasteiger partial charge in [0.05, 0.1) is 4.90 Å². The van der Waals surface area contributed by atoms with Gasteiger partial charge in [0.15, 0.2) is 0 Å². The largest absolute Gasteiger partial charge is 0.507 e. The van der Waals surface area contributed by atoms with Crippen LogP contribution in [0.4, 0.5) is 4.39 Å². The van der Waals surface area contributed by atoms with E-state index >= 15 is 0 Å². The molecule has 0 spiro atoms. The first-order valence-corrected chi connectivity index (χ1v) is 12.8. The van der Waals surface area contributed by atoms with E-state index in [0.717, 1.165) is 24.3 Å². The van der Waals surface area contributed by atoms with Crippen molar-refractivity contribution in [2.45, 2.75) is 23.1 Å². The molecule has 0 aliphatic carbocycles. The molecule has 1 heterocycles. The number of carbonyl (C=O) groups excluding carboxylic acids is 1. The molecule has 32 heavy (non-hydrogen) atoms. The summed E-state index contributed by atoms with van der Waals surface area (Å²) in [4.78, 5) is 13.6. The normalized spacial score (nSPS) is 15.6. The Bertz CT molecular complexity index is 1190. The maximum atomic E-state index is 13.0. The Morgan fingerprint density at radius 1 is 1.03 bits per heavy atom. The maximum absolute atomic E-state index is 13.0. The number of piperazine rings is 1. The molecule has 0 saturated carbocycles. The summed E-state index contributed by atoms with van der Waals surface area (Å²) in [5.74, 6) is -1.21. The first kappa shape index (κ1) is 24.1. The van der Waals surface area contributed by atoms with Crippen molar-refractivity contribution in [3.05, 3.63) is 53.8 Å². The van der Waals surface area contributed by atoms with Gasteiger partial charge in [0.25, 0.3) is 0 Å². The molecule has 2 aromatic carbocycles. The van der Waals surface area contributed by atoms with Crippen molar-refractivity contribution < 1.29 is 31.1 Å². The number of rotatable bonds is 7. The predicted octanol–water partition coefficient (Wildman–Crippen LogP) is 1.04. The molecule has 1 aliphatic heterocycles. The molecule has 0 bridgehead atoms. The fraction of sp³-hybridized carbons (Fsp3) is 0.350. The minimum Gasteiger partial charge on any atom is -0.507 e. The average molecular weight is 486 g/mol. The third-order valence-electron chi connectivity index (χ3n) is 5.08. The first-order chi connectivity index (χ1) is 15.0. The van der Waals surface area contributed by atoms with Crippen LogP contribution in [0.3, 0.4) is 0 Å². The Morgan fingerprint density at radius 2 is 1.66 bits per heavy atom. The van der Waals surface area contributed by atoms with Gasteiger partial charge in [-0.15, -0.1) is 0 Å². The van der Waals surface area contributed by atoms with Crippen LogP contribution in [-0.4, -0.2) is 69.8 Å². The number of benzene rings is 2. The summed E-state index contributed by atoms with van der Waals surface area (Å²) in [5.41, 5.74) is 0.693. The molecule has 0 atom stereocenters. The number of aromatic hydroxyl groups is 1. The summed E-state index contributed by atoms with van der Waals surface area (Å²) in [6.07, 6.45) is -0.105. The molecule has 3 rings (SSSR count). The highest BCUT2D eigenvalue weighted by Crippen LogP contribution is 2.27. The van der Waals surface area contributed by atoms with Crippen molar-refractivity contribution in [2.24, 2.45) is 0 Å². The van der Waals surface area contributed by atoms with Crippen molar-refractivity contribution in [1.82, 2.24) is 13.9 Å². The summed E-state index contributed by atoms with van der Waals surface area (Å²) < 4.78 is 66.5.